The molecule has 1 aliphatic rings. The molecule has 1 aliphatic heterocycles. The van der Waals surface area contributed by atoms with E-state index in [-0.39, 0.29) is 29.3 Å². The van der Waals surface area contributed by atoms with Crippen LogP contribution in [0.2, 0.25) is 0 Å². The second-order valence-electron chi connectivity index (χ2n) is 9.75. The highest BCUT2D eigenvalue weighted by molar-refractivity contribution is 5.89. The first-order chi connectivity index (χ1) is 16.7. The van der Waals surface area contributed by atoms with Gasteiger partial charge in [-0.2, -0.15) is 4.98 Å². The molecule has 1 aromatic heterocycles. The van der Waals surface area contributed by atoms with E-state index in [2.05, 4.69) is 66.0 Å². The van der Waals surface area contributed by atoms with Gasteiger partial charge in [0.1, 0.15) is 12.4 Å². The van der Waals surface area contributed by atoms with Gasteiger partial charge in [0, 0.05) is 25.2 Å². The summed E-state index contributed by atoms with van der Waals surface area (Å²) in [6, 6.07) is 18.0. The number of rotatable bonds is 7. The zero-order chi connectivity index (χ0) is 25.0. The van der Waals surface area contributed by atoms with Crippen LogP contribution in [0.3, 0.4) is 0 Å². The fourth-order valence-electron chi connectivity index (χ4n) is 4.05. The zero-order valence-electron chi connectivity index (χ0n) is 20.4. The molecule has 2 heterocycles. The highest BCUT2D eigenvalue weighted by Crippen LogP contribution is 2.30. The Balaban J connectivity index is 1.44. The molecule has 35 heavy (non-hydrogen) atoms. The lowest BCUT2D eigenvalue weighted by molar-refractivity contribution is 0.0682. The summed E-state index contributed by atoms with van der Waals surface area (Å²) in [5.74, 6) is -1.68. The summed E-state index contributed by atoms with van der Waals surface area (Å²) in [5.41, 5.74) is 4.22. The third kappa shape index (κ3) is 5.98. The number of anilines is 1. The number of carboxylic acid groups (broad SMARTS) is 1. The van der Waals surface area contributed by atoms with E-state index in [0.29, 0.717) is 6.42 Å². The average molecular weight is 474 g/mol. The van der Waals surface area contributed by atoms with Crippen molar-refractivity contribution in [2.75, 3.05) is 18.0 Å². The van der Waals surface area contributed by atoms with Gasteiger partial charge < -0.3 is 19.8 Å². The van der Waals surface area contributed by atoms with E-state index in [0.717, 1.165) is 30.6 Å². The minimum atomic E-state index is -1.27. The van der Waals surface area contributed by atoms with Gasteiger partial charge in [0.05, 0.1) is 0 Å². The van der Waals surface area contributed by atoms with Crippen LogP contribution in [-0.2, 0) is 18.4 Å². The van der Waals surface area contributed by atoms with Crippen LogP contribution in [0, 0.1) is 0 Å². The van der Waals surface area contributed by atoms with Crippen molar-refractivity contribution in [1.82, 2.24) is 9.97 Å². The monoisotopic (exact) mass is 473 g/mol. The lowest BCUT2D eigenvalue weighted by Crippen LogP contribution is -2.29. The van der Waals surface area contributed by atoms with Crippen molar-refractivity contribution in [2.24, 2.45) is 0 Å². The molecule has 0 saturated heterocycles. The largest absolute Gasteiger partial charge is 0.491 e. The zero-order valence-corrected chi connectivity index (χ0v) is 20.4. The van der Waals surface area contributed by atoms with Crippen LogP contribution in [-0.4, -0.2) is 39.2 Å². The molecule has 7 nitrogen and oxygen atoms in total. The number of aromatic nitrogens is 2. The summed E-state index contributed by atoms with van der Waals surface area (Å²) < 4.78 is 5.58. The van der Waals surface area contributed by atoms with Gasteiger partial charge in [-0.15, -0.1) is 0 Å². The van der Waals surface area contributed by atoms with Crippen LogP contribution < -0.4 is 9.64 Å². The Labute approximate surface area is 205 Å². The van der Waals surface area contributed by atoms with Crippen molar-refractivity contribution >= 4 is 11.7 Å². The van der Waals surface area contributed by atoms with Crippen LogP contribution in [0.25, 0.3) is 0 Å². The molecule has 0 atom stereocenters. The number of benzene rings is 2. The van der Waals surface area contributed by atoms with Gasteiger partial charge in [-0.3, -0.25) is 0 Å². The molecule has 0 saturated carbocycles. The molecule has 0 aliphatic carbocycles. The molecule has 0 spiro atoms. The number of hydrogen-bond acceptors (Lipinski definition) is 6. The van der Waals surface area contributed by atoms with Crippen LogP contribution in [0.15, 0.2) is 66.2 Å². The van der Waals surface area contributed by atoms with Crippen molar-refractivity contribution < 1.29 is 19.7 Å². The molecule has 0 unspecified atom stereocenters. The minimum absolute atomic E-state index is 0.106. The Morgan fingerprint density at radius 2 is 1.77 bits per heavy atom. The van der Waals surface area contributed by atoms with Crippen LogP contribution in [0.5, 0.6) is 11.6 Å². The summed E-state index contributed by atoms with van der Waals surface area (Å²) in [7, 11) is 0. The third-order valence-corrected chi connectivity index (χ3v) is 6.11. The molecule has 0 fully saturated rings. The van der Waals surface area contributed by atoms with Gasteiger partial charge in [0.15, 0.2) is 5.69 Å². The number of carbonyl (C=O) groups is 1. The van der Waals surface area contributed by atoms with Gasteiger partial charge in [-0.05, 0) is 35.1 Å². The summed E-state index contributed by atoms with van der Waals surface area (Å²) in [6.45, 7) is 8.31. The Kier molecular flexibility index (Phi) is 7.05. The number of aromatic hydroxyl groups is 1. The van der Waals surface area contributed by atoms with Crippen molar-refractivity contribution in [3.05, 3.63) is 88.9 Å². The molecule has 2 aromatic carbocycles. The SMILES string of the molecule is CC(C)(C)c1ccc(N2CC=C(Cc3nc(O)c(OCc4ccccc4)c(C(=O)O)n3)CC2)cc1. The summed E-state index contributed by atoms with van der Waals surface area (Å²) in [6.07, 6.45) is 3.31. The molecular weight excluding hydrogens is 442 g/mol. The second kappa shape index (κ2) is 10.2. The lowest BCUT2D eigenvalue weighted by Gasteiger charge is -2.29. The number of hydrogen-bond donors (Lipinski definition) is 2. The van der Waals surface area contributed by atoms with E-state index in [1.807, 2.05) is 30.3 Å². The van der Waals surface area contributed by atoms with Crippen molar-refractivity contribution in [1.29, 1.82) is 0 Å². The first kappa shape index (κ1) is 24.3. The molecule has 0 bridgehead atoms. The van der Waals surface area contributed by atoms with E-state index in [9.17, 15) is 15.0 Å². The summed E-state index contributed by atoms with van der Waals surface area (Å²) >= 11 is 0. The van der Waals surface area contributed by atoms with Crippen LogP contribution in [0.1, 0.15) is 54.6 Å². The standard InChI is InChI=1S/C28H31N3O4/c1-28(2,3)21-9-11-22(12-10-21)31-15-13-19(14-16-31)17-23-29-24(27(33)34)25(26(32)30-23)35-18-20-7-5-4-6-8-20/h4-13H,14-18H2,1-3H3,(H,33,34)(H,29,30,32). The molecular formula is C28H31N3O4. The predicted octanol–water partition coefficient (Wildman–Crippen LogP) is 5.14. The molecule has 0 radical (unpaired) electrons. The minimum Gasteiger partial charge on any atom is -0.491 e. The van der Waals surface area contributed by atoms with Crippen molar-refractivity contribution in [3.63, 3.8) is 0 Å². The van der Waals surface area contributed by atoms with E-state index in [4.69, 9.17) is 4.74 Å². The molecule has 0 amide bonds. The number of nitrogens with zero attached hydrogens (tertiary/aromatic N) is 3. The maximum atomic E-state index is 11.8. The Morgan fingerprint density at radius 3 is 2.37 bits per heavy atom. The van der Waals surface area contributed by atoms with Gasteiger partial charge >= 0.3 is 5.97 Å². The van der Waals surface area contributed by atoms with Crippen molar-refractivity contribution in [3.8, 4) is 11.6 Å². The maximum absolute atomic E-state index is 11.8. The van der Waals surface area contributed by atoms with E-state index >= 15 is 0 Å². The molecule has 7 heteroatoms. The molecule has 2 N–H and O–H groups in total. The number of aromatic carboxylic acids is 1. The van der Waals surface area contributed by atoms with Gasteiger partial charge in [0.2, 0.25) is 5.75 Å². The van der Waals surface area contributed by atoms with E-state index < -0.39 is 11.8 Å². The highest BCUT2D eigenvalue weighted by Gasteiger charge is 2.23. The van der Waals surface area contributed by atoms with E-state index in [1.54, 1.807) is 0 Å². The third-order valence-electron chi connectivity index (χ3n) is 6.11. The van der Waals surface area contributed by atoms with Crippen LogP contribution >= 0.6 is 0 Å². The molecule has 4 rings (SSSR count). The second-order valence-corrected chi connectivity index (χ2v) is 9.75. The first-order valence-corrected chi connectivity index (χ1v) is 11.7. The van der Waals surface area contributed by atoms with Gasteiger partial charge in [-0.1, -0.05) is 74.9 Å². The average Bonchev–Trinajstić information content (AvgIpc) is 2.84. The highest BCUT2D eigenvalue weighted by atomic mass is 16.5. The summed E-state index contributed by atoms with van der Waals surface area (Å²) in [5, 5.41) is 20.1. The smallest absolute Gasteiger partial charge is 0.358 e. The number of ether oxygens (including phenoxy) is 1. The molecule has 3 aromatic rings. The quantitative estimate of drug-likeness (QED) is 0.459. The molecule has 182 valence electrons. The Morgan fingerprint density at radius 1 is 1.06 bits per heavy atom. The fraction of sp³-hybridized carbons (Fsp3) is 0.321. The van der Waals surface area contributed by atoms with Gasteiger partial charge in [-0.25, -0.2) is 9.78 Å². The first-order valence-electron chi connectivity index (χ1n) is 11.7. The Bertz CT molecular complexity index is 1220. The van der Waals surface area contributed by atoms with Crippen LogP contribution in [0.4, 0.5) is 5.69 Å². The Hall–Kier alpha value is -3.87. The van der Waals surface area contributed by atoms with Gasteiger partial charge in [0.25, 0.3) is 5.88 Å². The fourth-order valence-corrected chi connectivity index (χ4v) is 4.05. The lowest BCUT2D eigenvalue weighted by atomic mass is 9.87. The number of carboxylic acids is 1. The summed E-state index contributed by atoms with van der Waals surface area (Å²) in [4.78, 5) is 22.4. The van der Waals surface area contributed by atoms with E-state index in [1.165, 1.54) is 11.3 Å². The maximum Gasteiger partial charge on any atom is 0.358 e. The topological polar surface area (TPSA) is 95.8 Å². The van der Waals surface area contributed by atoms with Crippen molar-refractivity contribution in [2.45, 2.75) is 45.6 Å². The predicted molar refractivity (Wildman–Crippen MR) is 135 cm³/mol. The normalized spacial score (nSPS) is 13.9.